The summed E-state index contributed by atoms with van der Waals surface area (Å²) in [6, 6.07) is 11.8. The molecule has 9 heteroatoms. The van der Waals surface area contributed by atoms with Crippen LogP contribution in [0.1, 0.15) is 16.3 Å². The molecule has 1 heterocycles. The Morgan fingerprint density at radius 1 is 1.23 bits per heavy atom. The average molecular weight is 493 g/mol. The minimum atomic E-state index is -0.649. The Kier molecular flexibility index (Phi) is 7.53. The van der Waals surface area contributed by atoms with Gasteiger partial charge in [0.15, 0.2) is 18.2 Å². The molecule has 30 heavy (non-hydrogen) atoms. The lowest BCUT2D eigenvalue weighted by Crippen LogP contribution is -2.16. The van der Waals surface area contributed by atoms with Crippen molar-refractivity contribution in [3.05, 3.63) is 74.4 Å². The first-order valence-corrected chi connectivity index (χ1v) is 10.6. The van der Waals surface area contributed by atoms with E-state index in [9.17, 15) is 14.0 Å². The summed E-state index contributed by atoms with van der Waals surface area (Å²) in [6.45, 7) is 1.44. The lowest BCUT2D eigenvalue weighted by molar-refractivity contribution is -0.147. The third-order valence-electron chi connectivity index (χ3n) is 3.95. The molecule has 0 bridgehead atoms. The highest BCUT2D eigenvalue weighted by Gasteiger charge is 2.12. The fraction of sp³-hybridized carbons (Fsp3) is 0.190. The number of carbonyl (C=O) groups excluding carboxylic acids is 2. The smallest absolute Gasteiger partial charge is 0.344 e. The predicted octanol–water partition coefficient (Wildman–Crippen LogP) is 4.66. The molecular formula is C21H18BrFN2O4S. The van der Waals surface area contributed by atoms with Crippen LogP contribution in [0.5, 0.6) is 5.75 Å². The van der Waals surface area contributed by atoms with Gasteiger partial charge in [0.1, 0.15) is 11.6 Å². The molecule has 0 radical (unpaired) electrons. The van der Waals surface area contributed by atoms with E-state index in [2.05, 4.69) is 26.2 Å². The van der Waals surface area contributed by atoms with Crippen molar-refractivity contribution in [2.24, 2.45) is 0 Å². The molecule has 2 aromatic carbocycles. The van der Waals surface area contributed by atoms with Gasteiger partial charge in [-0.15, -0.1) is 11.3 Å². The topological polar surface area (TPSA) is 77.5 Å². The summed E-state index contributed by atoms with van der Waals surface area (Å²) < 4.78 is 24.5. The van der Waals surface area contributed by atoms with Gasteiger partial charge in [0.2, 0.25) is 5.91 Å². The molecule has 0 aliphatic carbocycles. The molecule has 156 valence electrons. The van der Waals surface area contributed by atoms with Crippen LogP contribution < -0.4 is 10.1 Å². The highest BCUT2D eigenvalue weighted by molar-refractivity contribution is 9.10. The van der Waals surface area contributed by atoms with E-state index in [0.717, 1.165) is 11.3 Å². The van der Waals surface area contributed by atoms with Crippen molar-refractivity contribution in [1.29, 1.82) is 0 Å². The van der Waals surface area contributed by atoms with Gasteiger partial charge < -0.3 is 14.8 Å². The first kappa shape index (κ1) is 21.9. The van der Waals surface area contributed by atoms with Crippen LogP contribution in [-0.2, 0) is 27.4 Å². The van der Waals surface area contributed by atoms with Crippen LogP contribution in [-0.4, -0.2) is 23.5 Å². The van der Waals surface area contributed by atoms with Gasteiger partial charge >= 0.3 is 5.97 Å². The van der Waals surface area contributed by atoms with Crippen LogP contribution in [0, 0.1) is 12.7 Å². The molecule has 0 saturated heterocycles. The Balaban J connectivity index is 1.44. The number of hydrogen-bond acceptors (Lipinski definition) is 6. The van der Waals surface area contributed by atoms with Gasteiger partial charge in [-0.2, -0.15) is 0 Å². The Hall–Kier alpha value is -2.78. The number of halogens is 2. The van der Waals surface area contributed by atoms with Crippen molar-refractivity contribution >= 4 is 44.8 Å². The van der Waals surface area contributed by atoms with E-state index in [0.29, 0.717) is 15.2 Å². The van der Waals surface area contributed by atoms with E-state index in [-0.39, 0.29) is 24.7 Å². The zero-order valence-electron chi connectivity index (χ0n) is 16.0. The van der Waals surface area contributed by atoms with Crippen LogP contribution in [0.4, 0.5) is 10.1 Å². The number of aromatic nitrogens is 1. The molecule has 1 aromatic heterocycles. The Morgan fingerprint density at radius 2 is 2.03 bits per heavy atom. The standard InChI is InChI=1S/C21H18BrFN2O4S/c1-13-4-2-3-5-17(13)25-19(26)9-20-24-15(12-30-20)10-29-21(27)11-28-18-7-6-14(22)8-16(18)23/h2-8,12H,9-11H2,1H3,(H,25,26). The summed E-state index contributed by atoms with van der Waals surface area (Å²) in [4.78, 5) is 28.3. The fourth-order valence-electron chi connectivity index (χ4n) is 2.47. The monoisotopic (exact) mass is 492 g/mol. The second-order valence-electron chi connectivity index (χ2n) is 6.30. The minimum absolute atomic E-state index is 0.0363. The number of benzene rings is 2. The van der Waals surface area contributed by atoms with Gasteiger partial charge in [-0.3, -0.25) is 4.79 Å². The molecule has 6 nitrogen and oxygen atoms in total. The summed E-state index contributed by atoms with van der Waals surface area (Å²) in [5.74, 6) is -1.44. The summed E-state index contributed by atoms with van der Waals surface area (Å²) in [5.41, 5.74) is 2.26. The Morgan fingerprint density at radius 3 is 2.80 bits per heavy atom. The van der Waals surface area contributed by atoms with Gasteiger partial charge in [-0.05, 0) is 36.8 Å². The maximum absolute atomic E-state index is 13.7. The first-order valence-electron chi connectivity index (χ1n) is 8.93. The number of amides is 1. The van der Waals surface area contributed by atoms with Crippen LogP contribution in [0.2, 0.25) is 0 Å². The van der Waals surface area contributed by atoms with Gasteiger partial charge in [-0.25, -0.2) is 14.2 Å². The number of anilines is 1. The molecule has 3 rings (SSSR count). The zero-order valence-corrected chi connectivity index (χ0v) is 18.4. The van der Waals surface area contributed by atoms with Gasteiger partial charge in [0.05, 0.1) is 12.1 Å². The SMILES string of the molecule is Cc1ccccc1NC(=O)Cc1nc(COC(=O)COc2ccc(Br)cc2F)cs1. The van der Waals surface area contributed by atoms with E-state index in [1.54, 1.807) is 11.4 Å². The molecule has 0 spiro atoms. The van der Waals surface area contributed by atoms with Crippen molar-refractivity contribution in [3.8, 4) is 5.75 Å². The van der Waals surface area contributed by atoms with Crippen LogP contribution in [0.3, 0.4) is 0 Å². The van der Waals surface area contributed by atoms with Crippen LogP contribution in [0.15, 0.2) is 52.3 Å². The average Bonchev–Trinajstić information content (AvgIpc) is 3.14. The highest BCUT2D eigenvalue weighted by atomic mass is 79.9. The number of nitrogens with one attached hydrogen (secondary N) is 1. The molecule has 3 aromatic rings. The summed E-state index contributed by atoms with van der Waals surface area (Å²) in [6.07, 6.45) is 0.124. The molecular weight excluding hydrogens is 475 g/mol. The lowest BCUT2D eigenvalue weighted by atomic mass is 10.2. The second-order valence-corrected chi connectivity index (χ2v) is 8.15. The van der Waals surface area contributed by atoms with Crippen molar-refractivity contribution in [1.82, 2.24) is 4.98 Å². The summed E-state index contributed by atoms with van der Waals surface area (Å²) in [7, 11) is 0. The molecule has 0 aliphatic rings. The molecule has 0 fully saturated rings. The number of aryl methyl sites for hydroxylation is 1. The van der Waals surface area contributed by atoms with Gasteiger partial charge in [0.25, 0.3) is 0 Å². The van der Waals surface area contributed by atoms with E-state index in [4.69, 9.17) is 9.47 Å². The summed E-state index contributed by atoms with van der Waals surface area (Å²) >= 11 is 4.45. The van der Waals surface area contributed by atoms with Crippen LogP contribution >= 0.6 is 27.3 Å². The van der Waals surface area contributed by atoms with Gasteiger partial charge in [0, 0.05) is 15.5 Å². The van der Waals surface area contributed by atoms with Crippen molar-refractivity contribution in [2.75, 3.05) is 11.9 Å². The number of ether oxygens (including phenoxy) is 2. The van der Waals surface area contributed by atoms with E-state index >= 15 is 0 Å². The molecule has 0 saturated carbocycles. The van der Waals surface area contributed by atoms with Crippen molar-refractivity contribution < 1.29 is 23.5 Å². The number of esters is 1. The zero-order chi connectivity index (χ0) is 21.5. The molecule has 1 amide bonds. The van der Waals surface area contributed by atoms with Crippen molar-refractivity contribution in [3.63, 3.8) is 0 Å². The molecule has 0 atom stereocenters. The molecule has 0 aliphatic heterocycles. The lowest BCUT2D eigenvalue weighted by Gasteiger charge is -2.07. The van der Waals surface area contributed by atoms with Crippen LogP contribution in [0.25, 0.3) is 0 Å². The third-order valence-corrected chi connectivity index (χ3v) is 5.34. The van der Waals surface area contributed by atoms with Gasteiger partial charge in [-0.1, -0.05) is 34.1 Å². The minimum Gasteiger partial charge on any atom is -0.479 e. The number of nitrogens with zero attached hydrogens (tertiary/aromatic N) is 1. The summed E-state index contributed by atoms with van der Waals surface area (Å²) in [5, 5.41) is 5.18. The number of carbonyl (C=O) groups is 2. The third kappa shape index (κ3) is 6.36. The first-order chi connectivity index (χ1) is 14.4. The number of para-hydroxylation sites is 1. The highest BCUT2D eigenvalue weighted by Crippen LogP contribution is 2.21. The second kappa shape index (κ2) is 10.3. The number of hydrogen-bond donors (Lipinski definition) is 1. The Bertz CT molecular complexity index is 1060. The quantitative estimate of drug-likeness (QED) is 0.462. The maximum atomic E-state index is 13.7. The predicted molar refractivity (Wildman–Crippen MR) is 115 cm³/mol. The maximum Gasteiger partial charge on any atom is 0.344 e. The molecule has 1 N–H and O–H groups in total. The fourth-order valence-corrected chi connectivity index (χ4v) is 3.58. The van der Waals surface area contributed by atoms with E-state index < -0.39 is 18.4 Å². The normalized spacial score (nSPS) is 10.5. The number of rotatable bonds is 8. The van der Waals surface area contributed by atoms with E-state index in [1.165, 1.54) is 23.5 Å². The molecule has 0 unspecified atom stereocenters. The Labute approximate surface area is 185 Å². The largest absolute Gasteiger partial charge is 0.479 e. The van der Waals surface area contributed by atoms with Crippen molar-refractivity contribution in [2.45, 2.75) is 20.0 Å². The van der Waals surface area contributed by atoms with E-state index in [1.807, 2.05) is 31.2 Å². The number of thiazole rings is 1.